The summed E-state index contributed by atoms with van der Waals surface area (Å²) in [4.78, 5) is 10.8. The van der Waals surface area contributed by atoms with Gasteiger partial charge in [0.1, 0.15) is 0 Å². The zero-order valence-corrected chi connectivity index (χ0v) is 6.76. The van der Waals surface area contributed by atoms with Crippen LogP contribution in [0.2, 0.25) is 0 Å². The van der Waals surface area contributed by atoms with Crippen LogP contribution in [-0.4, -0.2) is 18.9 Å². The van der Waals surface area contributed by atoms with Gasteiger partial charge in [-0.05, 0) is 30.8 Å². The van der Waals surface area contributed by atoms with Crippen molar-refractivity contribution in [2.45, 2.75) is 13.3 Å². The second-order valence-electron chi connectivity index (χ2n) is 3.17. The minimum absolute atomic E-state index is 0.0643. The molecule has 0 saturated carbocycles. The molecule has 0 bridgehead atoms. The van der Waals surface area contributed by atoms with E-state index in [0.717, 1.165) is 13.1 Å². The fourth-order valence-electron chi connectivity index (χ4n) is 1.43. The summed E-state index contributed by atoms with van der Waals surface area (Å²) < 4.78 is 0. The number of carbonyl (C=O) groups is 1. The van der Waals surface area contributed by atoms with Crippen LogP contribution in [0.15, 0.2) is 0 Å². The molecule has 1 aliphatic heterocycles. The predicted octanol–water partition coefficient (Wildman–Crippen LogP) is 0.434. The van der Waals surface area contributed by atoms with Gasteiger partial charge in [-0.1, -0.05) is 6.92 Å². The maximum Gasteiger partial charge on any atom is 0.205 e. The minimum atomic E-state index is -0.0643. The Morgan fingerprint density at radius 2 is 2.45 bits per heavy atom. The Morgan fingerprint density at radius 3 is 2.91 bits per heavy atom. The van der Waals surface area contributed by atoms with Crippen LogP contribution >= 0.6 is 0 Å². The van der Waals surface area contributed by atoms with E-state index in [-0.39, 0.29) is 5.78 Å². The molecule has 0 spiro atoms. The van der Waals surface area contributed by atoms with Gasteiger partial charge in [0.15, 0.2) is 0 Å². The van der Waals surface area contributed by atoms with Crippen LogP contribution < -0.4 is 5.32 Å². The first kappa shape index (κ1) is 8.29. The van der Waals surface area contributed by atoms with E-state index in [4.69, 9.17) is 6.42 Å². The highest BCUT2D eigenvalue weighted by Crippen LogP contribution is 2.19. The van der Waals surface area contributed by atoms with Gasteiger partial charge in [-0.2, -0.15) is 0 Å². The molecule has 0 aromatic heterocycles. The molecule has 1 fully saturated rings. The highest BCUT2D eigenvalue weighted by molar-refractivity contribution is 5.94. The number of Topliss-reactive ketones (excluding diaryl/α,β-unsaturated/α-hetero) is 1. The van der Waals surface area contributed by atoms with Crippen LogP contribution in [-0.2, 0) is 4.79 Å². The fourth-order valence-corrected chi connectivity index (χ4v) is 1.43. The second kappa shape index (κ2) is 3.54. The van der Waals surface area contributed by atoms with Crippen molar-refractivity contribution >= 4 is 5.78 Å². The number of hydrogen-bond acceptors (Lipinski definition) is 2. The molecule has 2 unspecified atom stereocenters. The molecule has 2 heteroatoms. The van der Waals surface area contributed by atoms with Crippen LogP contribution in [0.25, 0.3) is 0 Å². The normalized spacial score (nSPS) is 29.8. The van der Waals surface area contributed by atoms with E-state index < -0.39 is 0 Å². The lowest BCUT2D eigenvalue weighted by Gasteiger charge is -2.09. The van der Waals surface area contributed by atoms with E-state index in [1.54, 1.807) is 0 Å². The second-order valence-corrected chi connectivity index (χ2v) is 3.17. The minimum Gasteiger partial charge on any atom is -0.316 e. The van der Waals surface area contributed by atoms with Crippen molar-refractivity contribution in [1.82, 2.24) is 5.32 Å². The standard InChI is InChI=1S/C9H13NO/c1-3-9(11)4-8-6-10-5-7(8)2/h1,7-8,10H,4-6H2,2H3. The van der Waals surface area contributed by atoms with Gasteiger partial charge in [-0.15, -0.1) is 6.42 Å². The Bertz CT molecular complexity index is 192. The molecule has 1 saturated heterocycles. The third-order valence-corrected chi connectivity index (χ3v) is 2.29. The highest BCUT2D eigenvalue weighted by atomic mass is 16.1. The Balaban J connectivity index is 2.38. The number of terminal acetylenes is 1. The summed E-state index contributed by atoms with van der Waals surface area (Å²) in [6, 6.07) is 0. The van der Waals surface area contributed by atoms with Crippen LogP contribution in [0.1, 0.15) is 13.3 Å². The number of nitrogens with one attached hydrogen (secondary N) is 1. The van der Waals surface area contributed by atoms with Crippen molar-refractivity contribution < 1.29 is 4.79 Å². The molecule has 1 rings (SSSR count). The van der Waals surface area contributed by atoms with Gasteiger partial charge in [0.2, 0.25) is 5.78 Å². The van der Waals surface area contributed by atoms with Crippen LogP contribution in [0, 0.1) is 24.2 Å². The molecular weight excluding hydrogens is 138 g/mol. The quantitative estimate of drug-likeness (QED) is 0.458. The van der Waals surface area contributed by atoms with Crippen molar-refractivity contribution in [2.24, 2.45) is 11.8 Å². The smallest absolute Gasteiger partial charge is 0.205 e. The van der Waals surface area contributed by atoms with Gasteiger partial charge in [-0.3, -0.25) is 4.79 Å². The summed E-state index contributed by atoms with van der Waals surface area (Å²) in [5.41, 5.74) is 0. The average Bonchev–Trinajstić information content (AvgIpc) is 2.37. The van der Waals surface area contributed by atoms with E-state index in [9.17, 15) is 4.79 Å². The molecular formula is C9H13NO. The van der Waals surface area contributed by atoms with Crippen molar-refractivity contribution in [2.75, 3.05) is 13.1 Å². The maximum atomic E-state index is 10.8. The zero-order valence-electron chi connectivity index (χ0n) is 6.76. The lowest BCUT2D eigenvalue weighted by molar-refractivity contribution is -0.114. The first-order valence-corrected chi connectivity index (χ1v) is 3.94. The molecule has 2 atom stereocenters. The lowest BCUT2D eigenvalue weighted by Crippen LogP contribution is -2.13. The third-order valence-electron chi connectivity index (χ3n) is 2.29. The van der Waals surface area contributed by atoms with Gasteiger partial charge in [0, 0.05) is 6.42 Å². The molecule has 0 aliphatic carbocycles. The van der Waals surface area contributed by atoms with Gasteiger partial charge in [0.25, 0.3) is 0 Å². The molecule has 0 amide bonds. The first-order chi connectivity index (χ1) is 5.24. The molecule has 1 heterocycles. The number of carbonyl (C=O) groups excluding carboxylic acids is 1. The van der Waals surface area contributed by atoms with Crippen molar-refractivity contribution in [1.29, 1.82) is 0 Å². The third kappa shape index (κ3) is 2.06. The van der Waals surface area contributed by atoms with E-state index in [1.807, 2.05) is 0 Å². The summed E-state index contributed by atoms with van der Waals surface area (Å²) >= 11 is 0. The highest BCUT2D eigenvalue weighted by Gasteiger charge is 2.24. The molecule has 0 radical (unpaired) electrons. The van der Waals surface area contributed by atoms with Crippen molar-refractivity contribution in [3.05, 3.63) is 0 Å². The molecule has 2 nitrogen and oxygen atoms in total. The van der Waals surface area contributed by atoms with Crippen LogP contribution in [0.4, 0.5) is 0 Å². The summed E-state index contributed by atoms with van der Waals surface area (Å²) in [6.45, 7) is 4.10. The number of hydrogen-bond donors (Lipinski definition) is 1. The van der Waals surface area contributed by atoms with E-state index >= 15 is 0 Å². The predicted molar refractivity (Wildman–Crippen MR) is 44.0 cm³/mol. The van der Waals surface area contributed by atoms with Gasteiger partial charge in [0.05, 0.1) is 0 Å². The summed E-state index contributed by atoms with van der Waals surface area (Å²) in [5, 5.41) is 3.23. The Labute approximate surface area is 67.4 Å². The van der Waals surface area contributed by atoms with Gasteiger partial charge < -0.3 is 5.32 Å². The molecule has 11 heavy (non-hydrogen) atoms. The lowest BCUT2D eigenvalue weighted by atomic mass is 9.93. The monoisotopic (exact) mass is 151 g/mol. The molecule has 1 N–H and O–H groups in total. The summed E-state index contributed by atoms with van der Waals surface area (Å²) in [5.74, 6) is 3.13. The topological polar surface area (TPSA) is 29.1 Å². The largest absolute Gasteiger partial charge is 0.316 e. The Kier molecular flexibility index (Phi) is 2.67. The maximum absolute atomic E-state index is 10.8. The van der Waals surface area contributed by atoms with E-state index in [1.165, 1.54) is 0 Å². The molecule has 1 aliphatic rings. The number of rotatable bonds is 2. The van der Waals surface area contributed by atoms with Crippen molar-refractivity contribution in [3.8, 4) is 12.3 Å². The van der Waals surface area contributed by atoms with E-state index in [0.29, 0.717) is 18.3 Å². The Hall–Kier alpha value is -0.810. The van der Waals surface area contributed by atoms with Crippen molar-refractivity contribution in [3.63, 3.8) is 0 Å². The molecule has 0 aromatic rings. The summed E-state index contributed by atoms with van der Waals surface area (Å²) in [6.07, 6.45) is 5.52. The number of ketones is 1. The van der Waals surface area contributed by atoms with Crippen LogP contribution in [0.3, 0.4) is 0 Å². The fraction of sp³-hybridized carbons (Fsp3) is 0.667. The van der Waals surface area contributed by atoms with Gasteiger partial charge >= 0.3 is 0 Å². The molecule has 0 aromatic carbocycles. The first-order valence-electron chi connectivity index (χ1n) is 3.94. The Morgan fingerprint density at radius 1 is 1.73 bits per heavy atom. The van der Waals surface area contributed by atoms with Gasteiger partial charge in [-0.25, -0.2) is 0 Å². The molecule has 60 valence electrons. The zero-order chi connectivity index (χ0) is 8.27. The average molecular weight is 151 g/mol. The van der Waals surface area contributed by atoms with E-state index in [2.05, 4.69) is 18.2 Å². The summed E-state index contributed by atoms with van der Waals surface area (Å²) in [7, 11) is 0. The van der Waals surface area contributed by atoms with Crippen LogP contribution in [0.5, 0.6) is 0 Å². The SMILES string of the molecule is C#CC(=O)CC1CNCC1C.